The number of benzene rings is 1. The fourth-order valence-corrected chi connectivity index (χ4v) is 3.24. The first-order chi connectivity index (χ1) is 10.2. The van der Waals surface area contributed by atoms with E-state index >= 15 is 0 Å². The van der Waals surface area contributed by atoms with Crippen molar-refractivity contribution in [2.45, 2.75) is 24.9 Å². The van der Waals surface area contributed by atoms with Gasteiger partial charge in [0.05, 0.1) is 27.4 Å². The Bertz CT molecular complexity index is 497. The summed E-state index contributed by atoms with van der Waals surface area (Å²) in [6, 6.07) is 5.94. The summed E-state index contributed by atoms with van der Waals surface area (Å²) in [6.45, 7) is 1.39. The van der Waals surface area contributed by atoms with E-state index in [0.717, 1.165) is 12.8 Å². The van der Waals surface area contributed by atoms with E-state index in [1.807, 2.05) is 0 Å². The Kier molecular flexibility index (Phi) is 4.12. The van der Waals surface area contributed by atoms with Gasteiger partial charge in [0.1, 0.15) is 11.5 Å². The highest BCUT2D eigenvalue weighted by molar-refractivity contribution is 5.98. The van der Waals surface area contributed by atoms with Crippen LogP contribution in [0.2, 0.25) is 0 Å². The maximum Gasteiger partial charge on any atom is 0.166 e. The lowest BCUT2D eigenvalue weighted by atomic mass is 9.82. The first-order valence-corrected chi connectivity index (χ1v) is 7.30. The number of methoxy groups -OCH3 is 2. The first kappa shape index (κ1) is 14.4. The number of hydrogen-bond acceptors (Lipinski definition) is 5. The molecule has 0 saturated carbocycles. The topological polar surface area (TPSA) is 56.8 Å². The summed E-state index contributed by atoms with van der Waals surface area (Å²) in [5.41, 5.74) is 0.664. The number of fused-ring (bicyclic) bond motifs is 2. The average Bonchev–Trinajstić information content (AvgIpc) is 2.53. The number of morpholine rings is 1. The quantitative estimate of drug-likeness (QED) is 0.855. The smallest absolute Gasteiger partial charge is 0.166 e. The van der Waals surface area contributed by atoms with E-state index in [2.05, 4.69) is 5.32 Å². The molecule has 0 aromatic heterocycles. The summed E-state index contributed by atoms with van der Waals surface area (Å²) in [5, 5.41) is 3.51. The van der Waals surface area contributed by atoms with Gasteiger partial charge in [-0.25, -0.2) is 0 Å². The zero-order valence-electron chi connectivity index (χ0n) is 12.4. The van der Waals surface area contributed by atoms with Crippen molar-refractivity contribution in [1.82, 2.24) is 5.32 Å². The van der Waals surface area contributed by atoms with Crippen molar-refractivity contribution >= 4 is 5.78 Å². The van der Waals surface area contributed by atoms with Gasteiger partial charge >= 0.3 is 0 Å². The van der Waals surface area contributed by atoms with Crippen LogP contribution in [0.1, 0.15) is 23.2 Å². The third-order valence-corrected chi connectivity index (χ3v) is 4.25. The van der Waals surface area contributed by atoms with E-state index in [4.69, 9.17) is 14.2 Å². The summed E-state index contributed by atoms with van der Waals surface area (Å²) < 4.78 is 16.0. The highest BCUT2D eigenvalue weighted by Gasteiger charge is 2.35. The molecule has 2 atom stereocenters. The summed E-state index contributed by atoms with van der Waals surface area (Å²) in [5.74, 6) is 1.51. The molecule has 1 aromatic rings. The molecule has 1 N–H and O–H groups in total. The Balaban J connectivity index is 1.81. The van der Waals surface area contributed by atoms with Crippen LogP contribution in [0.25, 0.3) is 0 Å². The predicted octanol–water partition coefficient (Wildman–Crippen LogP) is 1.65. The third-order valence-electron chi connectivity index (χ3n) is 4.25. The zero-order chi connectivity index (χ0) is 14.8. The maximum absolute atomic E-state index is 12.8. The molecule has 2 fully saturated rings. The summed E-state index contributed by atoms with van der Waals surface area (Å²) in [7, 11) is 3.19. The van der Waals surface area contributed by atoms with Crippen molar-refractivity contribution in [2.75, 3.05) is 27.4 Å². The fraction of sp³-hybridized carbons (Fsp3) is 0.562. The Morgan fingerprint density at radius 1 is 1.10 bits per heavy atom. The molecular formula is C16H21NO4. The van der Waals surface area contributed by atoms with Gasteiger partial charge in [-0.3, -0.25) is 4.79 Å². The molecule has 0 radical (unpaired) electrons. The number of ketones is 1. The molecule has 5 heteroatoms. The van der Waals surface area contributed by atoms with E-state index < -0.39 is 0 Å². The lowest BCUT2D eigenvalue weighted by Crippen LogP contribution is -2.55. The maximum atomic E-state index is 12.8. The molecule has 3 rings (SSSR count). The Hall–Kier alpha value is -1.59. The van der Waals surface area contributed by atoms with Crippen molar-refractivity contribution in [3.63, 3.8) is 0 Å². The molecule has 2 unspecified atom stereocenters. The normalized spacial score (nSPS) is 28.0. The standard InChI is InChI=1S/C16H21NO4/c1-19-14-5-11(6-15(7-14)20-2)16(18)10-3-12-8-21-9-13(4-10)17-12/h5-7,10,12-13,17H,3-4,8-9H2,1-2H3. The lowest BCUT2D eigenvalue weighted by molar-refractivity contribution is 0.00952. The molecule has 5 nitrogen and oxygen atoms in total. The van der Waals surface area contributed by atoms with Gasteiger partial charge in [-0.1, -0.05) is 0 Å². The summed E-state index contributed by atoms with van der Waals surface area (Å²) in [4.78, 5) is 12.8. The molecule has 21 heavy (non-hydrogen) atoms. The van der Waals surface area contributed by atoms with Crippen LogP contribution in [0.15, 0.2) is 18.2 Å². The second kappa shape index (κ2) is 6.03. The minimum Gasteiger partial charge on any atom is -0.497 e. The second-order valence-electron chi connectivity index (χ2n) is 5.73. The van der Waals surface area contributed by atoms with Gasteiger partial charge in [0.15, 0.2) is 5.78 Å². The van der Waals surface area contributed by atoms with Crippen molar-refractivity contribution in [3.05, 3.63) is 23.8 Å². The highest BCUT2D eigenvalue weighted by Crippen LogP contribution is 2.30. The van der Waals surface area contributed by atoms with E-state index in [9.17, 15) is 4.79 Å². The fourth-order valence-electron chi connectivity index (χ4n) is 3.24. The zero-order valence-corrected chi connectivity index (χ0v) is 12.4. The SMILES string of the molecule is COc1cc(OC)cc(C(=O)C2CC3COCC(C2)N3)c1. The molecule has 2 saturated heterocycles. The van der Waals surface area contributed by atoms with Crippen LogP contribution >= 0.6 is 0 Å². The molecule has 1 aromatic carbocycles. The second-order valence-corrected chi connectivity index (χ2v) is 5.73. The molecule has 0 spiro atoms. The minimum absolute atomic E-state index is 0.0435. The van der Waals surface area contributed by atoms with Crippen LogP contribution in [0.3, 0.4) is 0 Å². The largest absolute Gasteiger partial charge is 0.497 e. The van der Waals surface area contributed by atoms with Gasteiger partial charge < -0.3 is 19.5 Å². The van der Waals surface area contributed by atoms with Crippen molar-refractivity contribution in [3.8, 4) is 11.5 Å². The number of piperidine rings is 1. The van der Waals surface area contributed by atoms with Gasteiger partial charge in [-0.15, -0.1) is 0 Å². The molecule has 2 heterocycles. The molecule has 0 aliphatic carbocycles. The van der Waals surface area contributed by atoms with Crippen molar-refractivity contribution in [1.29, 1.82) is 0 Å². The molecule has 114 valence electrons. The van der Waals surface area contributed by atoms with E-state index in [1.54, 1.807) is 32.4 Å². The van der Waals surface area contributed by atoms with Crippen LogP contribution in [0, 0.1) is 5.92 Å². The number of carbonyl (C=O) groups is 1. The summed E-state index contributed by atoms with van der Waals surface area (Å²) in [6.07, 6.45) is 1.66. The molecule has 2 aliphatic heterocycles. The third kappa shape index (κ3) is 3.04. The molecule has 0 amide bonds. The Morgan fingerprint density at radius 3 is 2.19 bits per heavy atom. The molecular weight excluding hydrogens is 270 g/mol. The van der Waals surface area contributed by atoms with E-state index in [1.165, 1.54) is 0 Å². The van der Waals surface area contributed by atoms with Crippen LogP contribution in [-0.4, -0.2) is 45.3 Å². The van der Waals surface area contributed by atoms with Gasteiger partial charge in [0.2, 0.25) is 0 Å². The monoisotopic (exact) mass is 291 g/mol. The number of carbonyl (C=O) groups excluding carboxylic acids is 1. The lowest BCUT2D eigenvalue weighted by Gasteiger charge is -2.39. The van der Waals surface area contributed by atoms with Crippen molar-refractivity contribution < 1.29 is 19.0 Å². The first-order valence-electron chi connectivity index (χ1n) is 7.30. The molecule has 2 aliphatic rings. The van der Waals surface area contributed by atoms with Crippen molar-refractivity contribution in [2.24, 2.45) is 5.92 Å². The average molecular weight is 291 g/mol. The van der Waals surface area contributed by atoms with Gasteiger partial charge in [-0.05, 0) is 25.0 Å². The number of nitrogens with one attached hydrogen (secondary N) is 1. The van der Waals surface area contributed by atoms with Crippen LogP contribution in [-0.2, 0) is 4.74 Å². The number of Topliss-reactive ketones (excluding diaryl/α,β-unsaturated/α-hetero) is 1. The van der Waals surface area contributed by atoms with Crippen LogP contribution in [0.4, 0.5) is 0 Å². The Labute approximate surface area is 124 Å². The van der Waals surface area contributed by atoms with Crippen LogP contribution in [0.5, 0.6) is 11.5 Å². The van der Waals surface area contributed by atoms with Gasteiger partial charge in [0.25, 0.3) is 0 Å². The molecule has 2 bridgehead atoms. The highest BCUT2D eigenvalue weighted by atomic mass is 16.5. The summed E-state index contributed by atoms with van der Waals surface area (Å²) >= 11 is 0. The van der Waals surface area contributed by atoms with E-state index in [-0.39, 0.29) is 11.7 Å². The van der Waals surface area contributed by atoms with Crippen LogP contribution < -0.4 is 14.8 Å². The van der Waals surface area contributed by atoms with Gasteiger partial charge in [0, 0.05) is 29.6 Å². The number of ether oxygens (including phenoxy) is 3. The van der Waals surface area contributed by atoms with E-state index in [0.29, 0.717) is 42.4 Å². The number of rotatable bonds is 4. The minimum atomic E-state index is 0.0435. The van der Waals surface area contributed by atoms with Gasteiger partial charge in [-0.2, -0.15) is 0 Å². The Morgan fingerprint density at radius 2 is 1.67 bits per heavy atom. The number of hydrogen-bond donors (Lipinski definition) is 1. The predicted molar refractivity (Wildman–Crippen MR) is 78.1 cm³/mol.